The number of thiazole rings is 1. The Hall–Kier alpha value is -2.92. The number of benzene rings is 2. The number of aliphatic hydroxyl groups is 1. The maximum Gasteiger partial charge on any atom is 0.139 e. The summed E-state index contributed by atoms with van der Waals surface area (Å²) in [6.07, 6.45) is 0. The van der Waals surface area contributed by atoms with Crippen molar-refractivity contribution in [1.82, 2.24) is 4.98 Å². The number of hydrogen-bond donors (Lipinski definition) is 2. The van der Waals surface area contributed by atoms with Crippen molar-refractivity contribution in [2.24, 2.45) is 0 Å². The highest BCUT2D eigenvalue weighted by molar-refractivity contribution is 7.11. The molecule has 0 unspecified atom stereocenters. The fourth-order valence-electron chi connectivity index (χ4n) is 3.15. The largest absolute Gasteiger partial charge is 0.510 e. The second kappa shape index (κ2) is 6.42. The number of aromatic nitrogens is 1. The van der Waals surface area contributed by atoms with Gasteiger partial charge in [-0.15, -0.1) is 11.3 Å². The topological polar surface area (TPSA) is 60.2 Å². The van der Waals surface area contributed by atoms with Crippen LogP contribution in [0.3, 0.4) is 0 Å². The maximum absolute atomic E-state index is 10.5. The molecule has 0 radical (unpaired) electrons. The van der Waals surface area contributed by atoms with Gasteiger partial charge in [-0.2, -0.15) is 0 Å². The van der Waals surface area contributed by atoms with Crippen LogP contribution in [0.1, 0.15) is 16.1 Å². The Kier molecular flexibility index (Phi) is 4.09. The molecule has 0 fully saturated rings. The fourth-order valence-corrected chi connectivity index (χ4v) is 4.05. The predicted molar refractivity (Wildman–Crippen MR) is 108 cm³/mol. The third-order valence-corrected chi connectivity index (χ3v) is 5.41. The van der Waals surface area contributed by atoms with E-state index >= 15 is 0 Å². The average molecular weight is 361 g/mol. The van der Waals surface area contributed by atoms with E-state index in [1.54, 1.807) is 0 Å². The summed E-state index contributed by atoms with van der Waals surface area (Å²) in [5.74, 6) is 0.495. The number of rotatable bonds is 3. The Morgan fingerprint density at radius 1 is 1.12 bits per heavy atom. The Bertz CT molecular complexity index is 1020. The number of nitrogens with zero attached hydrogens (tertiary/aromatic N) is 2. The number of nitrogens with one attached hydrogen (secondary N) is 1. The van der Waals surface area contributed by atoms with E-state index in [9.17, 15) is 5.11 Å². The van der Waals surface area contributed by atoms with Gasteiger partial charge in [0.25, 0.3) is 0 Å². The van der Waals surface area contributed by atoms with Crippen LogP contribution in [0, 0.1) is 19.3 Å². The van der Waals surface area contributed by atoms with E-state index < -0.39 is 0 Å². The average Bonchev–Trinajstić information content (AvgIpc) is 3.22. The van der Waals surface area contributed by atoms with Crippen molar-refractivity contribution >= 4 is 28.4 Å². The smallest absolute Gasteiger partial charge is 0.139 e. The summed E-state index contributed by atoms with van der Waals surface area (Å²) >= 11 is 1.46. The molecule has 5 heteroatoms. The zero-order chi connectivity index (χ0) is 18.3. The van der Waals surface area contributed by atoms with Gasteiger partial charge in [-0.25, -0.2) is 4.98 Å². The van der Waals surface area contributed by atoms with Crippen LogP contribution in [0.5, 0.6) is 0 Å². The molecule has 1 aliphatic rings. The van der Waals surface area contributed by atoms with Gasteiger partial charge < -0.3 is 10.0 Å². The zero-order valence-electron chi connectivity index (χ0n) is 14.7. The molecule has 4 rings (SSSR count). The highest BCUT2D eigenvalue weighted by atomic mass is 32.1. The molecule has 3 aromatic rings. The first-order chi connectivity index (χ1) is 12.5. The van der Waals surface area contributed by atoms with Crippen LogP contribution in [0.4, 0.5) is 5.69 Å². The maximum atomic E-state index is 10.5. The molecule has 26 heavy (non-hydrogen) atoms. The summed E-state index contributed by atoms with van der Waals surface area (Å²) in [6.45, 7) is 4.36. The molecule has 0 saturated heterocycles. The number of amidine groups is 1. The van der Waals surface area contributed by atoms with Gasteiger partial charge in [0.1, 0.15) is 16.6 Å². The molecule has 0 saturated carbocycles. The Labute approximate surface area is 156 Å². The molecule has 0 atom stereocenters. The van der Waals surface area contributed by atoms with Gasteiger partial charge in [-0.05, 0) is 31.0 Å². The Balaban J connectivity index is 1.68. The summed E-state index contributed by atoms with van der Waals surface area (Å²) in [6, 6.07) is 16.1. The van der Waals surface area contributed by atoms with Crippen molar-refractivity contribution in [2.45, 2.75) is 13.8 Å². The minimum Gasteiger partial charge on any atom is -0.510 e. The molecule has 0 amide bonds. The molecule has 130 valence electrons. The van der Waals surface area contributed by atoms with E-state index in [-0.39, 0.29) is 5.76 Å². The van der Waals surface area contributed by atoms with E-state index in [1.165, 1.54) is 11.3 Å². The highest BCUT2D eigenvalue weighted by Crippen LogP contribution is 2.35. The van der Waals surface area contributed by atoms with E-state index in [0.717, 1.165) is 28.1 Å². The quantitative estimate of drug-likeness (QED) is 0.674. The molecule has 2 heterocycles. The molecule has 0 bridgehead atoms. The van der Waals surface area contributed by atoms with Crippen molar-refractivity contribution in [2.75, 3.05) is 11.4 Å². The van der Waals surface area contributed by atoms with Crippen LogP contribution in [0.2, 0.25) is 0 Å². The molecule has 0 aliphatic carbocycles. The molecule has 1 aliphatic heterocycles. The molecule has 2 N–H and O–H groups in total. The van der Waals surface area contributed by atoms with Crippen molar-refractivity contribution < 1.29 is 5.11 Å². The van der Waals surface area contributed by atoms with Crippen LogP contribution in [0.15, 0.2) is 59.7 Å². The minimum absolute atomic E-state index is 0.199. The predicted octanol–water partition coefficient (Wildman–Crippen LogP) is 5.19. The molecule has 1 aromatic heterocycles. The number of anilines is 1. The highest BCUT2D eigenvalue weighted by Gasteiger charge is 2.32. The standard InChI is InChI=1S/C21H19N3OS/c1-13-8-9-14(2)17(10-13)24-11-18(25)19(20(24)22)21-23-16(12-26-21)15-6-4-3-5-7-15/h3-10,12,22,25H,11H2,1-2H3. The second-order valence-electron chi connectivity index (χ2n) is 6.45. The van der Waals surface area contributed by atoms with E-state index in [1.807, 2.05) is 60.5 Å². The summed E-state index contributed by atoms with van der Waals surface area (Å²) in [5.41, 5.74) is 5.59. The van der Waals surface area contributed by atoms with E-state index in [2.05, 4.69) is 17.1 Å². The van der Waals surface area contributed by atoms with Crippen LogP contribution in [-0.4, -0.2) is 22.5 Å². The third-order valence-electron chi connectivity index (χ3n) is 4.55. The minimum atomic E-state index is 0.199. The first-order valence-corrected chi connectivity index (χ1v) is 9.29. The number of aliphatic hydroxyl groups excluding tert-OH is 1. The van der Waals surface area contributed by atoms with Crippen molar-refractivity contribution in [3.63, 3.8) is 0 Å². The van der Waals surface area contributed by atoms with Crippen LogP contribution < -0.4 is 4.90 Å². The van der Waals surface area contributed by atoms with Crippen LogP contribution >= 0.6 is 11.3 Å². The second-order valence-corrected chi connectivity index (χ2v) is 7.31. The number of aryl methyl sites for hydroxylation is 2. The molecule has 4 nitrogen and oxygen atoms in total. The lowest BCUT2D eigenvalue weighted by Gasteiger charge is -2.21. The monoisotopic (exact) mass is 361 g/mol. The fraction of sp³-hybridized carbons (Fsp3) is 0.143. The van der Waals surface area contributed by atoms with Gasteiger partial charge in [-0.3, -0.25) is 5.41 Å². The van der Waals surface area contributed by atoms with Crippen molar-refractivity contribution in [3.8, 4) is 11.3 Å². The summed E-state index contributed by atoms with van der Waals surface area (Å²) in [4.78, 5) is 6.51. The third kappa shape index (κ3) is 2.80. The van der Waals surface area contributed by atoms with Gasteiger partial charge in [0, 0.05) is 16.6 Å². The summed E-state index contributed by atoms with van der Waals surface area (Å²) in [7, 11) is 0. The molecule has 2 aromatic carbocycles. The van der Waals surface area contributed by atoms with Crippen LogP contribution in [0.25, 0.3) is 16.8 Å². The normalized spacial score (nSPS) is 14.4. The van der Waals surface area contributed by atoms with Gasteiger partial charge in [0.2, 0.25) is 0 Å². The van der Waals surface area contributed by atoms with Gasteiger partial charge in [-0.1, -0.05) is 42.5 Å². The van der Waals surface area contributed by atoms with E-state index in [4.69, 9.17) is 5.41 Å². The van der Waals surface area contributed by atoms with Gasteiger partial charge in [0.15, 0.2) is 0 Å². The van der Waals surface area contributed by atoms with Gasteiger partial charge >= 0.3 is 0 Å². The zero-order valence-corrected chi connectivity index (χ0v) is 15.5. The van der Waals surface area contributed by atoms with Crippen molar-refractivity contribution in [1.29, 1.82) is 5.41 Å². The van der Waals surface area contributed by atoms with Crippen LogP contribution in [-0.2, 0) is 0 Å². The lowest BCUT2D eigenvalue weighted by Crippen LogP contribution is -2.26. The Morgan fingerprint density at radius 3 is 2.65 bits per heavy atom. The molecular formula is C21H19N3OS. The Morgan fingerprint density at radius 2 is 1.88 bits per heavy atom. The lowest BCUT2D eigenvalue weighted by atomic mass is 10.1. The first kappa shape index (κ1) is 16.5. The van der Waals surface area contributed by atoms with Gasteiger partial charge in [0.05, 0.1) is 17.8 Å². The summed E-state index contributed by atoms with van der Waals surface area (Å²) < 4.78 is 0. The first-order valence-electron chi connectivity index (χ1n) is 8.42. The van der Waals surface area contributed by atoms with Crippen molar-refractivity contribution in [3.05, 3.63) is 75.8 Å². The summed E-state index contributed by atoms with van der Waals surface area (Å²) in [5, 5.41) is 21.8. The number of hydrogen-bond acceptors (Lipinski definition) is 4. The molecule has 0 spiro atoms. The lowest BCUT2D eigenvalue weighted by molar-refractivity contribution is 0.411. The molecular weight excluding hydrogens is 342 g/mol. The van der Waals surface area contributed by atoms with E-state index in [0.29, 0.717) is 23.0 Å². The SMILES string of the molecule is Cc1ccc(C)c(N2CC(O)=C(c3nc(-c4ccccc4)cs3)C2=N)c1.